The molecule has 0 saturated heterocycles. The van der Waals surface area contributed by atoms with Crippen LogP contribution in [0.3, 0.4) is 0 Å². The first-order chi connectivity index (χ1) is 18.6. The zero-order valence-electron chi connectivity index (χ0n) is 23.1. The van der Waals surface area contributed by atoms with Crippen molar-refractivity contribution >= 4 is 29.4 Å². The first kappa shape index (κ1) is 33.4. The van der Waals surface area contributed by atoms with Gasteiger partial charge in [-0.3, -0.25) is 24.0 Å². The van der Waals surface area contributed by atoms with Gasteiger partial charge in [0.1, 0.15) is 0 Å². The Morgan fingerprint density at radius 3 is 2.46 bits per heavy atom. The fourth-order valence-corrected chi connectivity index (χ4v) is 3.90. The largest absolute Gasteiger partial charge is 0.481 e. The van der Waals surface area contributed by atoms with Crippen LogP contribution in [0.25, 0.3) is 0 Å². The SMILES string of the molecule is CCOC(=O)/C=C/CC[C@H](NC(=O)CCC(=O)O)C(=O)Cc1cccn(CC(=O)CCCN(CC)CC)c1=O. The third-order valence-electron chi connectivity index (χ3n) is 6.09. The maximum absolute atomic E-state index is 13.1. The fourth-order valence-electron chi connectivity index (χ4n) is 3.90. The number of aliphatic carboxylic acids is 1. The van der Waals surface area contributed by atoms with Gasteiger partial charge in [0.2, 0.25) is 5.91 Å². The van der Waals surface area contributed by atoms with Gasteiger partial charge in [-0.05, 0) is 51.9 Å². The summed E-state index contributed by atoms with van der Waals surface area (Å²) in [6.45, 7) is 8.54. The highest BCUT2D eigenvalue weighted by molar-refractivity contribution is 5.91. The lowest BCUT2D eigenvalue weighted by Crippen LogP contribution is -2.42. The fraction of sp³-hybridized carbons (Fsp3) is 0.571. The predicted octanol–water partition coefficient (Wildman–Crippen LogP) is 1.90. The molecule has 1 amide bonds. The van der Waals surface area contributed by atoms with Gasteiger partial charge in [-0.25, -0.2) is 4.79 Å². The highest BCUT2D eigenvalue weighted by Gasteiger charge is 2.22. The first-order valence-electron chi connectivity index (χ1n) is 13.4. The quantitative estimate of drug-likeness (QED) is 0.184. The first-order valence-corrected chi connectivity index (χ1v) is 13.4. The second kappa shape index (κ2) is 18.6. The molecule has 0 unspecified atom stereocenters. The van der Waals surface area contributed by atoms with E-state index in [4.69, 9.17) is 9.84 Å². The van der Waals surface area contributed by atoms with E-state index in [1.165, 1.54) is 29.0 Å². The molecule has 1 aromatic heterocycles. The number of hydrogen-bond acceptors (Lipinski definition) is 8. The van der Waals surface area contributed by atoms with Crippen LogP contribution in [0.15, 0.2) is 35.3 Å². The molecule has 39 heavy (non-hydrogen) atoms. The number of carbonyl (C=O) groups is 5. The van der Waals surface area contributed by atoms with Crippen molar-refractivity contribution in [3.05, 3.63) is 46.4 Å². The average molecular weight is 548 g/mol. The van der Waals surface area contributed by atoms with Gasteiger partial charge < -0.3 is 24.6 Å². The van der Waals surface area contributed by atoms with Crippen LogP contribution in [-0.2, 0) is 41.7 Å². The highest BCUT2D eigenvalue weighted by atomic mass is 16.5. The van der Waals surface area contributed by atoms with E-state index in [9.17, 15) is 28.8 Å². The predicted molar refractivity (Wildman–Crippen MR) is 145 cm³/mol. The van der Waals surface area contributed by atoms with Gasteiger partial charge >= 0.3 is 11.9 Å². The normalized spacial score (nSPS) is 11.9. The van der Waals surface area contributed by atoms with Gasteiger partial charge in [0.05, 0.1) is 25.6 Å². The summed E-state index contributed by atoms with van der Waals surface area (Å²) >= 11 is 0. The van der Waals surface area contributed by atoms with E-state index in [1.807, 2.05) is 0 Å². The lowest BCUT2D eigenvalue weighted by Gasteiger charge is -2.18. The molecule has 216 valence electrons. The number of hydrogen-bond donors (Lipinski definition) is 2. The van der Waals surface area contributed by atoms with Gasteiger partial charge in [-0.15, -0.1) is 0 Å². The number of Topliss-reactive ketones (excluding diaryl/α,β-unsaturated/α-hetero) is 2. The maximum Gasteiger partial charge on any atom is 0.330 e. The Bertz CT molecular complexity index is 1060. The molecule has 0 spiro atoms. The Labute approximate surface area is 229 Å². The molecule has 11 heteroatoms. The number of carboxylic acids is 1. The minimum absolute atomic E-state index is 0.0790. The Morgan fingerprint density at radius 2 is 1.82 bits per heavy atom. The number of aromatic nitrogens is 1. The van der Waals surface area contributed by atoms with Crippen molar-refractivity contribution in [2.75, 3.05) is 26.2 Å². The molecule has 0 aromatic carbocycles. The molecule has 0 bridgehead atoms. The van der Waals surface area contributed by atoms with Gasteiger partial charge in [-0.1, -0.05) is 26.0 Å². The third kappa shape index (κ3) is 13.7. The van der Waals surface area contributed by atoms with Crippen molar-refractivity contribution in [3.8, 4) is 0 Å². The summed E-state index contributed by atoms with van der Waals surface area (Å²) in [5, 5.41) is 11.4. The average Bonchev–Trinajstić information content (AvgIpc) is 2.89. The van der Waals surface area contributed by atoms with Crippen molar-refractivity contribution in [2.24, 2.45) is 0 Å². The smallest absolute Gasteiger partial charge is 0.330 e. The summed E-state index contributed by atoms with van der Waals surface area (Å²) in [5.41, 5.74) is -0.272. The Morgan fingerprint density at radius 1 is 1.10 bits per heavy atom. The number of pyridine rings is 1. The molecule has 1 heterocycles. The van der Waals surface area contributed by atoms with Crippen LogP contribution in [0.1, 0.15) is 64.9 Å². The van der Waals surface area contributed by atoms with Crippen LogP contribution in [0, 0.1) is 0 Å². The number of carboxylic acid groups (broad SMARTS) is 1. The molecule has 1 aromatic rings. The van der Waals surface area contributed by atoms with Crippen LogP contribution in [0.4, 0.5) is 0 Å². The van der Waals surface area contributed by atoms with E-state index >= 15 is 0 Å². The van der Waals surface area contributed by atoms with Gasteiger partial charge in [0, 0.05) is 37.1 Å². The second-order valence-electron chi connectivity index (χ2n) is 9.02. The minimum Gasteiger partial charge on any atom is -0.481 e. The third-order valence-corrected chi connectivity index (χ3v) is 6.09. The molecule has 2 N–H and O–H groups in total. The monoisotopic (exact) mass is 547 g/mol. The van der Waals surface area contributed by atoms with E-state index in [-0.39, 0.29) is 56.6 Å². The summed E-state index contributed by atoms with van der Waals surface area (Å²) in [6.07, 6.45) is 4.72. The zero-order valence-corrected chi connectivity index (χ0v) is 23.1. The molecule has 0 radical (unpaired) electrons. The number of rotatable bonds is 20. The molecule has 0 aliphatic carbocycles. The maximum atomic E-state index is 13.1. The number of ketones is 2. The van der Waals surface area contributed by atoms with E-state index in [0.29, 0.717) is 12.8 Å². The number of esters is 1. The number of nitrogens with one attached hydrogen (secondary N) is 1. The molecule has 1 rings (SSSR count). The topological polar surface area (TPSA) is 152 Å². The summed E-state index contributed by atoms with van der Waals surface area (Å²) in [6, 6.07) is 2.11. The number of allylic oxidation sites excluding steroid dienone is 1. The second-order valence-corrected chi connectivity index (χ2v) is 9.02. The van der Waals surface area contributed by atoms with Crippen LogP contribution in [0.2, 0.25) is 0 Å². The lowest BCUT2D eigenvalue weighted by atomic mass is 10.00. The van der Waals surface area contributed by atoms with Crippen molar-refractivity contribution < 1.29 is 33.8 Å². The van der Waals surface area contributed by atoms with Crippen LogP contribution < -0.4 is 10.9 Å². The van der Waals surface area contributed by atoms with E-state index < -0.39 is 35.2 Å². The summed E-state index contributed by atoms with van der Waals surface area (Å²) in [5.74, 6) is -2.80. The summed E-state index contributed by atoms with van der Waals surface area (Å²) in [4.78, 5) is 75.2. The summed E-state index contributed by atoms with van der Waals surface area (Å²) in [7, 11) is 0. The Balaban J connectivity index is 2.88. The van der Waals surface area contributed by atoms with Crippen molar-refractivity contribution in [2.45, 2.75) is 78.3 Å². The Kier molecular flexibility index (Phi) is 16.0. The molecular weight excluding hydrogens is 506 g/mol. The van der Waals surface area contributed by atoms with E-state index in [1.54, 1.807) is 13.0 Å². The number of carbonyl (C=O) groups excluding carboxylic acids is 4. The van der Waals surface area contributed by atoms with Gasteiger partial charge in [-0.2, -0.15) is 0 Å². The molecule has 1 atom stereocenters. The van der Waals surface area contributed by atoms with Crippen LogP contribution in [-0.4, -0.2) is 76.3 Å². The highest BCUT2D eigenvalue weighted by Crippen LogP contribution is 2.07. The van der Waals surface area contributed by atoms with Crippen molar-refractivity contribution in [1.82, 2.24) is 14.8 Å². The van der Waals surface area contributed by atoms with Crippen LogP contribution in [0.5, 0.6) is 0 Å². The van der Waals surface area contributed by atoms with Crippen LogP contribution >= 0.6 is 0 Å². The van der Waals surface area contributed by atoms with Gasteiger partial charge in [0.15, 0.2) is 11.6 Å². The lowest BCUT2D eigenvalue weighted by molar-refractivity contribution is -0.139. The van der Waals surface area contributed by atoms with E-state index in [0.717, 1.165) is 19.6 Å². The minimum atomic E-state index is -1.14. The Hall–Kier alpha value is -3.60. The van der Waals surface area contributed by atoms with Crippen molar-refractivity contribution in [1.29, 1.82) is 0 Å². The molecule has 11 nitrogen and oxygen atoms in total. The van der Waals surface area contributed by atoms with Gasteiger partial charge in [0.25, 0.3) is 5.56 Å². The zero-order chi connectivity index (χ0) is 29.2. The van der Waals surface area contributed by atoms with Crippen molar-refractivity contribution in [3.63, 3.8) is 0 Å². The molecular formula is C28H41N3O8. The number of nitrogens with zero attached hydrogens (tertiary/aromatic N) is 2. The van der Waals surface area contributed by atoms with E-state index in [2.05, 4.69) is 24.1 Å². The molecule has 0 aliphatic rings. The summed E-state index contributed by atoms with van der Waals surface area (Å²) < 4.78 is 6.09. The number of ether oxygens (including phenoxy) is 1. The standard InChI is InChI=1S/C28H41N3O8/c1-4-30(5-2)17-10-12-22(32)20-31-18-9-11-21(28(31)38)19-24(33)23(29-25(34)15-16-26(35)36)13-7-8-14-27(37)39-6-3/h8-9,11,14,18,23H,4-7,10,12-13,15-17,19-20H2,1-3H3,(H,29,34)(H,35,36)/b14-8+/t23-/m0/s1. The molecule has 0 saturated carbocycles. The molecule has 0 fully saturated rings. The number of amides is 1. The molecule has 0 aliphatic heterocycles.